The number of nitrogens with two attached hydrogens (primary N) is 2. The third-order valence-corrected chi connectivity index (χ3v) is 3.08. The molecule has 5 heteroatoms. The van der Waals surface area contributed by atoms with Crippen LogP contribution in [0.3, 0.4) is 0 Å². The van der Waals surface area contributed by atoms with Gasteiger partial charge in [-0.25, -0.2) is 0 Å². The van der Waals surface area contributed by atoms with Crippen molar-refractivity contribution in [3.8, 4) is 5.75 Å². The van der Waals surface area contributed by atoms with Crippen LogP contribution in [-0.4, -0.2) is 12.1 Å². The number of hydrogen-bond acceptors (Lipinski definition) is 5. The molecule has 0 aliphatic rings. The first-order valence-electron chi connectivity index (χ1n) is 6.03. The molecule has 1 aromatic heterocycles. The van der Waals surface area contributed by atoms with Gasteiger partial charge in [0.1, 0.15) is 5.75 Å². The summed E-state index contributed by atoms with van der Waals surface area (Å²) in [5.41, 5.74) is 11.4. The molecule has 0 aliphatic heterocycles. The number of nitrogens with one attached hydrogen (secondary N) is 1. The zero-order valence-electron chi connectivity index (χ0n) is 10.8. The highest BCUT2D eigenvalue weighted by atomic mass is 16.5. The molecule has 0 aliphatic carbocycles. The van der Waals surface area contributed by atoms with Crippen LogP contribution in [0.15, 0.2) is 42.7 Å². The van der Waals surface area contributed by atoms with E-state index in [1.807, 2.05) is 24.3 Å². The van der Waals surface area contributed by atoms with Gasteiger partial charge in [0, 0.05) is 23.6 Å². The maximum Gasteiger partial charge on any atom is 0.122 e. The fourth-order valence-electron chi connectivity index (χ4n) is 2.06. The van der Waals surface area contributed by atoms with Crippen LogP contribution in [-0.2, 0) is 6.42 Å². The van der Waals surface area contributed by atoms with E-state index in [-0.39, 0.29) is 6.04 Å². The van der Waals surface area contributed by atoms with Crippen LogP contribution in [0.25, 0.3) is 0 Å². The van der Waals surface area contributed by atoms with Gasteiger partial charge < -0.3 is 10.5 Å². The lowest BCUT2D eigenvalue weighted by molar-refractivity contribution is 0.405. The average molecular weight is 258 g/mol. The van der Waals surface area contributed by atoms with E-state index < -0.39 is 0 Å². The molecule has 0 spiro atoms. The Bertz CT molecular complexity index is 544. The first kappa shape index (κ1) is 13.3. The summed E-state index contributed by atoms with van der Waals surface area (Å²) in [6.07, 6.45) is 4.07. The van der Waals surface area contributed by atoms with E-state index >= 15 is 0 Å². The van der Waals surface area contributed by atoms with Gasteiger partial charge in [-0.1, -0.05) is 18.2 Å². The van der Waals surface area contributed by atoms with Gasteiger partial charge in [0.05, 0.1) is 13.2 Å². The van der Waals surface area contributed by atoms with Gasteiger partial charge in [-0.2, -0.15) is 0 Å². The van der Waals surface area contributed by atoms with E-state index in [0.29, 0.717) is 12.1 Å². The van der Waals surface area contributed by atoms with E-state index in [2.05, 4.69) is 10.4 Å². The molecule has 0 bridgehead atoms. The Morgan fingerprint density at radius 1 is 1.32 bits per heavy atom. The second-order valence-corrected chi connectivity index (χ2v) is 4.24. The Labute approximate surface area is 112 Å². The largest absolute Gasteiger partial charge is 0.496 e. The zero-order valence-corrected chi connectivity index (χ0v) is 10.8. The third-order valence-electron chi connectivity index (χ3n) is 3.08. The lowest BCUT2D eigenvalue weighted by Gasteiger charge is -2.19. The number of benzene rings is 1. The number of rotatable bonds is 5. The van der Waals surface area contributed by atoms with E-state index in [4.69, 9.17) is 16.3 Å². The van der Waals surface area contributed by atoms with Gasteiger partial charge in [0.2, 0.25) is 0 Å². The Kier molecular flexibility index (Phi) is 4.33. The minimum absolute atomic E-state index is 0.106. The summed E-state index contributed by atoms with van der Waals surface area (Å²) in [4.78, 5) is 4.09. The maximum atomic E-state index is 5.95. The van der Waals surface area contributed by atoms with Gasteiger partial charge in [-0.15, -0.1) is 0 Å². The Balaban J connectivity index is 2.27. The number of pyridine rings is 1. The lowest BCUT2D eigenvalue weighted by atomic mass is 9.99. The molecule has 2 aromatic rings. The molecule has 5 nitrogen and oxygen atoms in total. The summed E-state index contributed by atoms with van der Waals surface area (Å²) >= 11 is 0. The molecule has 1 aromatic carbocycles. The summed E-state index contributed by atoms with van der Waals surface area (Å²) in [5, 5.41) is 0. The van der Waals surface area contributed by atoms with Crippen molar-refractivity contribution < 1.29 is 4.74 Å². The number of hydrazine groups is 1. The fraction of sp³-hybridized carbons (Fsp3) is 0.214. The molecule has 1 heterocycles. The Morgan fingerprint density at radius 2 is 2.11 bits per heavy atom. The van der Waals surface area contributed by atoms with Crippen molar-refractivity contribution in [3.05, 3.63) is 53.9 Å². The normalized spacial score (nSPS) is 12.1. The van der Waals surface area contributed by atoms with Crippen molar-refractivity contribution in [3.63, 3.8) is 0 Å². The molecule has 2 rings (SSSR count). The maximum absolute atomic E-state index is 5.95. The van der Waals surface area contributed by atoms with Crippen LogP contribution in [0.1, 0.15) is 17.2 Å². The molecule has 1 unspecified atom stereocenters. The van der Waals surface area contributed by atoms with Crippen molar-refractivity contribution in [1.29, 1.82) is 0 Å². The smallest absolute Gasteiger partial charge is 0.122 e. The minimum Gasteiger partial charge on any atom is -0.496 e. The number of aromatic nitrogens is 1. The van der Waals surface area contributed by atoms with Crippen molar-refractivity contribution in [1.82, 2.24) is 10.4 Å². The first-order chi connectivity index (χ1) is 9.26. The summed E-state index contributed by atoms with van der Waals surface area (Å²) in [6, 6.07) is 9.50. The summed E-state index contributed by atoms with van der Waals surface area (Å²) in [6.45, 7) is 0. The summed E-state index contributed by atoms with van der Waals surface area (Å²) in [5.74, 6) is 6.48. The lowest BCUT2D eigenvalue weighted by Crippen LogP contribution is -2.30. The van der Waals surface area contributed by atoms with Crippen molar-refractivity contribution >= 4 is 5.69 Å². The van der Waals surface area contributed by atoms with Crippen LogP contribution < -0.4 is 21.7 Å². The predicted octanol–water partition coefficient (Wildman–Crippen LogP) is 1.42. The molecule has 0 saturated carbocycles. The van der Waals surface area contributed by atoms with E-state index in [0.717, 1.165) is 16.9 Å². The van der Waals surface area contributed by atoms with Gasteiger partial charge in [-0.3, -0.25) is 16.3 Å². The summed E-state index contributed by atoms with van der Waals surface area (Å²) in [7, 11) is 1.65. The second-order valence-electron chi connectivity index (χ2n) is 4.24. The third kappa shape index (κ3) is 3.01. The standard InChI is InChI=1S/C14H18N4O/c1-19-14-5-3-2-4-10(14)8-13(18-16)11-9-17-7-6-12(11)15/h2-7,9,13,18H,8,16H2,1H3,(H2,15,17). The van der Waals surface area contributed by atoms with E-state index in [1.54, 1.807) is 25.6 Å². The van der Waals surface area contributed by atoms with Gasteiger partial charge in [-0.05, 0) is 24.1 Å². The number of ether oxygens (including phenoxy) is 1. The number of para-hydroxylation sites is 1. The Hall–Kier alpha value is -2.11. The predicted molar refractivity (Wildman–Crippen MR) is 75.4 cm³/mol. The highest BCUT2D eigenvalue weighted by molar-refractivity contribution is 5.47. The van der Waals surface area contributed by atoms with E-state index in [9.17, 15) is 0 Å². The molecule has 100 valence electrons. The molecule has 0 amide bonds. The topological polar surface area (TPSA) is 86.2 Å². The van der Waals surface area contributed by atoms with Crippen molar-refractivity contribution in [2.75, 3.05) is 12.8 Å². The molecule has 0 saturated heterocycles. The van der Waals surface area contributed by atoms with E-state index in [1.165, 1.54) is 0 Å². The van der Waals surface area contributed by atoms with Gasteiger partial charge in [0.25, 0.3) is 0 Å². The molecule has 0 radical (unpaired) electrons. The summed E-state index contributed by atoms with van der Waals surface area (Å²) < 4.78 is 5.34. The number of nitrogen functional groups attached to an aromatic ring is 1. The van der Waals surface area contributed by atoms with Crippen LogP contribution in [0.4, 0.5) is 5.69 Å². The zero-order chi connectivity index (χ0) is 13.7. The van der Waals surface area contributed by atoms with Crippen LogP contribution >= 0.6 is 0 Å². The quantitative estimate of drug-likeness (QED) is 0.558. The van der Waals surface area contributed by atoms with Crippen LogP contribution in [0.5, 0.6) is 5.75 Å². The molecule has 1 atom stereocenters. The monoisotopic (exact) mass is 258 g/mol. The van der Waals surface area contributed by atoms with Gasteiger partial charge >= 0.3 is 0 Å². The van der Waals surface area contributed by atoms with Crippen LogP contribution in [0, 0.1) is 0 Å². The fourth-order valence-corrected chi connectivity index (χ4v) is 2.06. The molecule has 5 N–H and O–H groups in total. The highest BCUT2D eigenvalue weighted by Crippen LogP contribution is 2.26. The van der Waals surface area contributed by atoms with Crippen LogP contribution in [0.2, 0.25) is 0 Å². The molecular formula is C14H18N4O. The number of methoxy groups -OCH3 is 1. The molecular weight excluding hydrogens is 240 g/mol. The number of anilines is 1. The van der Waals surface area contributed by atoms with Crippen molar-refractivity contribution in [2.24, 2.45) is 5.84 Å². The SMILES string of the molecule is COc1ccccc1CC(NN)c1cnccc1N. The average Bonchev–Trinajstić information content (AvgIpc) is 2.46. The number of hydrogen-bond donors (Lipinski definition) is 3. The highest BCUT2D eigenvalue weighted by Gasteiger charge is 2.15. The first-order valence-corrected chi connectivity index (χ1v) is 6.03. The molecule has 0 fully saturated rings. The molecule has 19 heavy (non-hydrogen) atoms. The second kappa shape index (κ2) is 6.17. The van der Waals surface area contributed by atoms with Crippen molar-refractivity contribution in [2.45, 2.75) is 12.5 Å². The number of nitrogens with zero attached hydrogens (tertiary/aromatic N) is 1. The Morgan fingerprint density at radius 3 is 2.79 bits per heavy atom. The van der Waals surface area contributed by atoms with Gasteiger partial charge in [0.15, 0.2) is 0 Å². The minimum atomic E-state index is -0.106.